The Bertz CT molecular complexity index is 630. The van der Waals surface area contributed by atoms with Crippen LogP contribution in [-0.4, -0.2) is 13.7 Å². The van der Waals surface area contributed by atoms with E-state index < -0.39 is 0 Å². The maximum atomic E-state index is 13.3. The smallest absolute Gasteiger partial charge is 0.125 e. The van der Waals surface area contributed by atoms with Crippen LogP contribution in [0.4, 0.5) is 4.39 Å². The fourth-order valence-corrected chi connectivity index (χ4v) is 2.82. The van der Waals surface area contributed by atoms with Gasteiger partial charge in [0.05, 0.1) is 13.2 Å². The largest absolute Gasteiger partial charge is 0.496 e. The molecule has 0 bridgehead atoms. The number of aryl methyl sites for hydroxylation is 1. The van der Waals surface area contributed by atoms with Gasteiger partial charge in [-0.05, 0) is 48.9 Å². The third-order valence-corrected chi connectivity index (χ3v) is 3.95. The predicted octanol–water partition coefficient (Wildman–Crippen LogP) is 4.60. The molecule has 0 aliphatic rings. The summed E-state index contributed by atoms with van der Waals surface area (Å²) in [6.07, 6.45) is 0. The van der Waals surface area contributed by atoms with E-state index in [-0.39, 0.29) is 11.9 Å². The van der Waals surface area contributed by atoms with Crippen LogP contribution in [0.15, 0.2) is 40.9 Å². The Balaban J connectivity index is 2.53. The fraction of sp³-hybridized carbons (Fsp3) is 0.294. The first-order valence-electron chi connectivity index (χ1n) is 6.89. The number of hydrogen-bond acceptors (Lipinski definition) is 2. The fourth-order valence-electron chi connectivity index (χ4n) is 2.48. The monoisotopic (exact) mass is 351 g/mol. The average molecular weight is 352 g/mol. The lowest BCUT2D eigenvalue weighted by Crippen LogP contribution is -2.23. The zero-order chi connectivity index (χ0) is 15.4. The number of ether oxygens (including phenoxy) is 1. The normalized spacial score (nSPS) is 12.2. The van der Waals surface area contributed by atoms with Crippen LogP contribution < -0.4 is 10.1 Å². The van der Waals surface area contributed by atoms with Gasteiger partial charge in [-0.15, -0.1) is 0 Å². The minimum absolute atomic E-state index is 0.0290. The van der Waals surface area contributed by atoms with Gasteiger partial charge in [0, 0.05) is 10.0 Å². The molecule has 0 aliphatic heterocycles. The Morgan fingerprint density at radius 3 is 2.52 bits per heavy atom. The van der Waals surface area contributed by atoms with E-state index in [0.717, 1.165) is 33.5 Å². The zero-order valence-corrected chi connectivity index (χ0v) is 14.0. The molecule has 4 heteroatoms. The molecule has 0 heterocycles. The van der Waals surface area contributed by atoms with E-state index >= 15 is 0 Å². The molecule has 1 N–H and O–H groups in total. The van der Waals surface area contributed by atoms with E-state index in [1.165, 1.54) is 6.07 Å². The topological polar surface area (TPSA) is 21.3 Å². The van der Waals surface area contributed by atoms with E-state index in [4.69, 9.17) is 4.74 Å². The highest BCUT2D eigenvalue weighted by Crippen LogP contribution is 2.33. The average Bonchev–Trinajstić information content (AvgIpc) is 2.45. The second kappa shape index (κ2) is 7.05. The Hall–Kier alpha value is -1.39. The van der Waals surface area contributed by atoms with Crippen molar-refractivity contribution in [1.82, 2.24) is 5.32 Å². The highest BCUT2D eigenvalue weighted by Gasteiger charge is 2.19. The molecule has 0 saturated carbocycles. The number of benzene rings is 2. The summed E-state index contributed by atoms with van der Waals surface area (Å²) in [5, 5.41) is 3.45. The summed E-state index contributed by atoms with van der Waals surface area (Å²) >= 11 is 3.46. The van der Waals surface area contributed by atoms with Crippen LogP contribution in [0.25, 0.3) is 0 Å². The quantitative estimate of drug-likeness (QED) is 0.849. The van der Waals surface area contributed by atoms with Gasteiger partial charge in [-0.3, -0.25) is 0 Å². The predicted molar refractivity (Wildman–Crippen MR) is 87.4 cm³/mol. The van der Waals surface area contributed by atoms with Crippen LogP contribution in [-0.2, 0) is 0 Å². The summed E-state index contributed by atoms with van der Waals surface area (Å²) in [7, 11) is 1.66. The lowest BCUT2D eigenvalue weighted by Gasteiger charge is -2.23. The van der Waals surface area contributed by atoms with Crippen molar-refractivity contribution in [3.05, 3.63) is 63.4 Å². The third kappa shape index (κ3) is 3.63. The van der Waals surface area contributed by atoms with Gasteiger partial charge in [0.1, 0.15) is 11.6 Å². The van der Waals surface area contributed by atoms with Gasteiger partial charge in [0.25, 0.3) is 0 Å². The lowest BCUT2D eigenvalue weighted by atomic mass is 9.94. The molecule has 2 rings (SSSR count). The molecule has 21 heavy (non-hydrogen) atoms. The molecule has 0 aliphatic carbocycles. The van der Waals surface area contributed by atoms with E-state index in [2.05, 4.69) is 28.2 Å². The van der Waals surface area contributed by atoms with Crippen molar-refractivity contribution in [2.45, 2.75) is 19.9 Å². The van der Waals surface area contributed by atoms with Crippen molar-refractivity contribution in [3.63, 3.8) is 0 Å². The van der Waals surface area contributed by atoms with Crippen LogP contribution in [0.5, 0.6) is 5.75 Å². The maximum absolute atomic E-state index is 13.3. The lowest BCUT2D eigenvalue weighted by molar-refractivity contribution is 0.404. The molecular formula is C17H19BrFNO. The Labute approximate surface area is 133 Å². The van der Waals surface area contributed by atoms with Crippen LogP contribution in [0.3, 0.4) is 0 Å². The van der Waals surface area contributed by atoms with Gasteiger partial charge in [-0.25, -0.2) is 4.39 Å². The van der Waals surface area contributed by atoms with Crippen LogP contribution in [0.1, 0.15) is 29.7 Å². The van der Waals surface area contributed by atoms with Gasteiger partial charge in [-0.2, -0.15) is 0 Å². The number of nitrogens with one attached hydrogen (secondary N) is 1. The molecule has 0 aromatic heterocycles. The minimum Gasteiger partial charge on any atom is -0.496 e. The highest BCUT2D eigenvalue weighted by atomic mass is 79.9. The van der Waals surface area contributed by atoms with E-state index in [1.807, 2.05) is 31.2 Å². The summed E-state index contributed by atoms with van der Waals surface area (Å²) in [5.41, 5.74) is 3.02. The van der Waals surface area contributed by atoms with Crippen LogP contribution in [0.2, 0.25) is 0 Å². The molecule has 2 nitrogen and oxygen atoms in total. The maximum Gasteiger partial charge on any atom is 0.125 e. The van der Waals surface area contributed by atoms with E-state index in [0.29, 0.717) is 0 Å². The van der Waals surface area contributed by atoms with Crippen molar-refractivity contribution in [2.24, 2.45) is 0 Å². The van der Waals surface area contributed by atoms with Crippen molar-refractivity contribution in [1.29, 1.82) is 0 Å². The molecule has 0 spiro atoms. The standard InChI is InChI=1S/C17H19BrFNO/c1-4-20-17(14-8-6-13(19)9-11(14)2)15-7-5-12(18)10-16(15)21-3/h5-10,17,20H,4H2,1-3H3. The summed E-state index contributed by atoms with van der Waals surface area (Å²) in [5.74, 6) is 0.591. The van der Waals surface area contributed by atoms with Gasteiger partial charge in [-0.1, -0.05) is 35.0 Å². The first-order valence-corrected chi connectivity index (χ1v) is 7.69. The SMILES string of the molecule is CCNC(c1ccc(F)cc1C)c1ccc(Br)cc1OC. The molecule has 0 radical (unpaired) electrons. The first kappa shape index (κ1) is 16.0. The zero-order valence-electron chi connectivity index (χ0n) is 12.4. The first-order chi connectivity index (χ1) is 10.1. The van der Waals surface area contributed by atoms with Gasteiger partial charge < -0.3 is 10.1 Å². The second-order valence-corrected chi connectivity index (χ2v) is 5.79. The number of halogens is 2. The van der Waals surface area contributed by atoms with Crippen molar-refractivity contribution < 1.29 is 9.13 Å². The molecule has 0 fully saturated rings. The Morgan fingerprint density at radius 2 is 1.90 bits per heavy atom. The summed E-state index contributed by atoms with van der Waals surface area (Å²) < 4.78 is 19.8. The van der Waals surface area contributed by atoms with Gasteiger partial charge >= 0.3 is 0 Å². The molecule has 1 unspecified atom stereocenters. The minimum atomic E-state index is -0.214. The van der Waals surface area contributed by atoms with Crippen LogP contribution in [0, 0.1) is 12.7 Å². The highest BCUT2D eigenvalue weighted by molar-refractivity contribution is 9.10. The molecule has 2 aromatic rings. The summed E-state index contributed by atoms with van der Waals surface area (Å²) in [6, 6.07) is 10.8. The van der Waals surface area contributed by atoms with Crippen molar-refractivity contribution >= 4 is 15.9 Å². The van der Waals surface area contributed by atoms with Crippen molar-refractivity contribution in [2.75, 3.05) is 13.7 Å². The third-order valence-electron chi connectivity index (χ3n) is 3.46. The van der Waals surface area contributed by atoms with Gasteiger partial charge in [0.2, 0.25) is 0 Å². The summed E-state index contributed by atoms with van der Waals surface area (Å²) in [6.45, 7) is 4.78. The number of rotatable bonds is 5. The van der Waals surface area contributed by atoms with E-state index in [1.54, 1.807) is 13.2 Å². The van der Waals surface area contributed by atoms with Gasteiger partial charge in [0.15, 0.2) is 0 Å². The molecule has 0 amide bonds. The van der Waals surface area contributed by atoms with Crippen molar-refractivity contribution in [3.8, 4) is 5.75 Å². The summed E-state index contributed by atoms with van der Waals surface area (Å²) in [4.78, 5) is 0. The Morgan fingerprint density at radius 1 is 1.19 bits per heavy atom. The molecule has 112 valence electrons. The molecule has 2 aromatic carbocycles. The number of hydrogen-bond donors (Lipinski definition) is 1. The molecule has 1 atom stereocenters. The van der Waals surface area contributed by atoms with E-state index in [9.17, 15) is 4.39 Å². The second-order valence-electron chi connectivity index (χ2n) is 4.88. The number of methoxy groups -OCH3 is 1. The van der Waals surface area contributed by atoms with Crippen LogP contribution >= 0.6 is 15.9 Å². The Kier molecular flexibility index (Phi) is 5.37. The molecule has 0 saturated heterocycles. The molecular weight excluding hydrogens is 333 g/mol.